The highest BCUT2D eigenvalue weighted by molar-refractivity contribution is 6.29. The van der Waals surface area contributed by atoms with Crippen molar-refractivity contribution >= 4 is 17.5 Å². The number of likely N-dealkylation sites (tertiary alicyclic amines) is 1. The summed E-state index contributed by atoms with van der Waals surface area (Å²) in [5.41, 5.74) is 0.567. The van der Waals surface area contributed by atoms with E-state index in [0.717, 1.165) is 25.8 Å². The molecule has 0 saturated carbocycles. The summed E-state index contributed by atoms with van der Waals surface area (Å²) in [4.78, 5) is 18.3. The van der Waals surface area contributed by atoms with Crippen LogP contribution < -0.4 is 0 Å². The number of amides is 1. The van der Waals surface area contributed by atoms with Gasteiger partial charge in [0.25, 0.3) is 5.91 Å². The lowest BCUT2D eigenvalue weighted by atomic mass is 9.96. The first-order valence-electron chi connectivity index (χ1n) is 6.68. The Balaban J connectivity index is 2.15. The normalized spacial score (nSPS) is 21.2. The van der Waals surface area contributed by atoms with Gasteiger partial charge in [-0.1, -0.05) is 11.6 Å². The first kappa shape index (κ1) is 14.3. The predicted octanol–water partition coefficient (Wildman–Crippen LogP) is 2.50. The Labute approximate surface area is 118 Å². The molecule has 0 bridgehead atoms. The maximum Gasteiger partial charge on any atom is 0.254 e. The minimum absolute atomic E-state index is 0.0188. The van der Waals surface area contributed by atoms with Crippen molar-refractivity contribution in [1.82, 2.24) is 9.88 Å². The van der Waals surface area contributed by atoms with E-state index >= 15 is 0 Å². The molecular weight excluding hydrogens is 264 g/mol. The molecule has 0 aliphatic carbocycles. The topological polar surface area (TPSA) is 53.4 Å². The minimum Gasteiger partial charge on any atom is -0.393 e. The molecule has 1 aliphatic rings. The number of aliphatic hydroxyl groups is 1. The number of piperidine rings is 1. The van der Waals surface area contributed by atoms with Gasteiger partial charge in [0.1, 0.15) is 5.15 Å². The Morgan fingerprint density at radius 1 is 1.63 bits per heavy atom. The second-order valence-electron chi connectivity index (χ2n) is 5.10. The average molecular weight is 283 g/mol. The van der Waals surface area contributed by atoms with Gasteiger partial charge in [-0.2, -0.15) is 0 Å². The van der Waals surface area contributed by atoms with Crippen LogP contribution in [0.15, 0.2) is 18.3 Å². The molecule has 1 amide bonds. The molecule has 1 aromatic heterocycles. The smallest absolute Gasteiger partial charge is 0.254 e. The Morgan fingerprint density at radius 2 is 2.42 bits per heavy atom. The quantitative estimate of drug-likeness (QED) is 0.867. The van der Waals surface area contributed by atoms with E-state index in [2.05, 4.69) is 4.98 Å². The molecule has 2 unspecified atom stereocenters. The second-order valence-corrected chi connectivity index (χ2v) is 5.49. The fraction of sp³-hybridized carbons (Fsp3) is 0.571. The molecule has 19 heavy (non-hydrogen) atoms. The van der Waals surface area contributed by atoms with Crippen LogP contribution in [0.5, 0.6) is 0 Å². The number of nitrogens with zero attached hydrogens (tertiary/aromatic N) is 2. The number of carbonyl (C=O) groups excluding carboxylic acids is 1. The molecule has 2 atom stereocenters. The van der Waals surface area contributed by atoms with Crippen LogP contribution in [0.2, 0.25) is 5.15 Å². The molecule has 1 N–H and O–H groups in total. The van der Waals surface area contributed by atoms with Gasteiger partial charge in [0.15, 0.2) is 0 Å². The first-order valence-corrected chi connectivity index (χ1v) is 7.06. The Kier molecular flexibility index (Phi) is 4.77. The van der Waals surface area contributed by atoms with Gasteiger partial charge in [-0.3, -0.25) is 4.79 Å². The Morgan fingerprint density at radius 3 is 3.11 bits per heavy atom. The number of aliphatic hydroxyl groups excluding tert-OH is 1. The molecule has 1 saturated heterocycles. The highest BCUT2D eigenvalue weighted by atomic mass is 35.5. The van der Waals surface area contributed by atoms with Gasteiger partial charge in [0, 0.05) is 24.3 Å². The highest BCUT2D eigenvalue weighted by Gasteiger charge is 2.28. The molecular formula is C14H19ClN2O2. The van der Waals surface area contributed by atoms with E-state index in [0.29, 0.717) is 17.1 Å². The van der Waals surface area contributed by atoms with Gasteiger partial charge >= 0.3 is 0 Å². The predicted molar refractivity (Wildman–Crippen MR) is 74.2 cm³/mol. The summed E-state index contributed by atoms with van der Waals surface area (Å²) in [6.07, 6.45) is 4.86. The van der Waals surface area contributed by atoms with Crippen LogP contribution in [0.1, 0.15) is 43.0 Å². The van der Waals surface area contributed by atoms with E-state index in [4.69, 9.17) is 11.6 Å². The molecule has 0 aromatic carbocycles. The lowest BCUT2D eigenvalue weighted by molar-refractivity contribution is 0.0515. The average Bonchev–Trinajstić information content (AvgIpc) is 2.38. The summed E-state index contributed by atoms with van der Waals surface area (Å²) >= 11 is 5.83. The summed E-state index contributed by atoms with van der Waals surface area (Å²) < 4.78 is 0. The maximum absolute atomic E-state index is 12.5. The van der Waals surface area contributed by atoms with Crippen molar-refractivity contribution in [3.05, 3.63) is 29.0 Å². The number of hydrogen-bond acceptors (Lipinski definition) is 3. The molecule has 0 radical (unpaired) electrons. The standard InChI is InChI=1S/C14H19ClN2O2/c1-10(18)8-12-4-2-3-7-17(12)14(19)11-5-6-16-13(15)9-11/h5-6,9-10,12,18H,2-4,7-8H2,1H3. The fourth-order valence-corrected chi connectivity index (χ4v) is 2.78. The van der Waals surface area contributed by atoms with Crippen LogP contribution in [-0.2, 0) is 0 Å². The number of hydrogen-bond donors (Lipinski definition) is 1. The Bertz CT molecular complexity index is 451. The van der Waals surface area contributed by atoms with Crippen LogP contribution in [0.4, 0.5) is 0 Å². The van der Waals surface area contributed by atoms with Crippen LogP contribution >= 0.6 is 11.6 Å². The monoisotopic (exact) mass is 282 g/mol. The second kappa shape index (κ2) is 6.35. The van der Waals surface area contributed by atoms with Crippen molar-refractivity contribution in [3.8, 4) is 0 Å². The van der Waals surface area contributed by atoms with Crippen LogP contribution in [0, 0.1) is 0 Å². The van der Waals surface area contributed by atoms with Crippen molar-refractivity contribution in [2.45, 2.75) is 44.8 Å². The SMILES string of the molecule is CC(O)CC1CCCCN1C(=O)c1ccnc(Cl)c1. The molecule has 1 fully saturated rings. The molecule has 2 rings (SSSR count). The first-order chi connectivity index (χ1) is 9.08. The number of rotatable bonds is 3. The van der Waals surface area contributed by atoms with E-state index in [1.165, 1.54) is 0 Å². The lowest BCUT2D eigenvalue weighted by Crippen LogP contribution is -2.45. The van der Waals surface area contributed by atoms with Gasteiger partial charge in [-0.25, -0.2) is 4.98 Å². The van der Waals surface area contributed by atoms with E-state index in [-0.39, 0.29) is 18.1 Å². The molecule has 1 aromatic rings. The zero-order valence-corrected chi connectivity index (χ0v) is 11.8. The molecule has 4 nitrogen and oxygen atoms in total. The van der Waals surface area contributed by atoms with Gasteiger partial charge in [0.2, 0.25) is 0 Å². The summed E-state index contributed by atoms with van der Waals surface area (Å²) in [6.45, 7) is 2.51. The molecule has 1 aliphatic heterocycles. The maximum atomic E-state index is 12.5. The molecule has 104 valence electrons. The van der Waals surface area contributed by atoms with E-state index < -0.39 is 0 Å². The van der Waals surface area contributed by atoms with Gasteiger partial charge < -0.3 is 10.0 Å². The van der Waals surface area contributed by atoms with Crippen LogP contribution in [0.3, 0.4) is 0 Å². The molecule has 0 spiro atoms. The number of aromatic nitrogens is 1. The van der Waals surface area contributed by atoms with Crippen LogP contribution in [-0.4, -0.2) is 39.6 Å². The zero-order valence-electron chi connectivity index (χ0n) is 11.1. The van der Waals surface area contributed by atoms with Crippen molar-refractivity contribution < 1.29 is 9.90 Å². The molecule has 5 heteroatoms. The van der Waals surface area contributed by atoms with Crippen molar-refractivity contribution in [2.75, 3.05) is 6.54 Å². The fourth-order valence-electron chi connectivity index (χ4n) is 2.61. The number of carbonyl (C=O) groups is 1. The van der Waals surface area contributed by atoms with Crippen molar-refractivity contribution in [1.29, 1.82) is 0 Å². The van der Waals surface area contributed by atoms with E-state index in [1.807, 2.05) is 4.90 Å². The van der Waals surface area contributed by atoms with Crippen molar-refractivity contribution in [2.24, 2.45) is 0 Å². The van der Waals surface area contributed by atoms with E-state index in [9.17, 15) is 9.90 Å². The van der Waals surface area contributed by atoms with Crippen molar-refractivity contribution in [3.63, 3.8) is 0 Å². The third kappa shape index (κ3) is 3.67. The Hall–Kier alpha value is -1.13. The third-order valence-electron chi connectivity index (χ3n) is 3.47. The number of pyridine rings is 1. The summed E-state index contributed by atoms with van der Waals surface area (Å²) in [5.74, 6) is -0.0188. The molecule has 2 heterocycles. The van der Waals surface area contributed by atoms with Gasteiger partial charge in [-0.15, -0.1) is 0 Å². The summed E-state index contributed by atoms with van der Waals surface area (Å²) in [6, 6.07) is 3.40. The summed E-state index contributed by atoms with van der Waals surface area (Å²) in [7, 11) is 0. The largest absolute Gasteiger partial charge is 0.393 e. The van der Waals surface area contributed by atoms with Gasteiger partial charge in [-0.05, 0) is 44.7 Å². The van der Waals surface area contributed by atoms with E-state index in [1.54, 1.807) is 25.3 Å². The minimum atomic E-state index is -0.389. The van der Waals surface area contributed by atoms with Gasteiger partial charge in [0.05, 0.1) is 6.10 Å². The summed E-state index contributed by atoms with van der Waals surface area (Å²) in [5, 5.41) is 9.88. The lowest BCUT2D eigenvalue weighted by Gasteiger charge is -2.36. The number of halogens is 1. The third-order valence-corrected chi connectivity index (χ3v) is 3.68. The van der Waals surface area contributed by atoms with Crippen LogP contribution in [0.25, 0.3) is 0 Å². The zero-order chi connectivity index (χ0) is 13.8. The highest BCUT2D eigenvalue weighted by Crippen LogP contribution is 2.23.